The van der Waals surface area contributed by atoms with Gasteiger partial charge in [-0.1, -0.05) is 35.5 Å². The molecule has 3 aromatic rings. The minimum atomic E-state index is -0.215. The second-order valence-corrected chi connectivity index (χ2v) is 7.23. The number of thioether (sulfide) groups is 1. The fourth-order valence-electron chi connectivity index (χ4n) is 2.36. The predicted octanol–water partition coefficient (Wildman–Crippen LogP) is 4.08. The highest BCUT2D eigenvalue weighted by Gasteiger charge is 2.11. The Labute approximate surface area is 171 Å². The molecule has 0 unspecified atom stereocenters. The van der Waals surface area contributed by atoms with Crippen LogP contribution in [-0.4, -0.2) is 34.0 Å². The van der Waals surface area contributed by atoms with E-state index in [1.807, 2.05) is 31.2 Å². The van der Waals surface area contributed by atoms with Gasteiger partial charge in [-0.2, -0.15) is 0 Å². The van der Waals surface area contributed by atoms with Gasteiger partial charge in [-0.15, -0.1) is 5.10 Å². The Hall–Kier alpha value is -2.71. The fourth-order valence-corrected chi connectivity index (χ4v) is 3.15. The van der Waals surface area contributed by atoms with E-state index in [0.717, 1.165) is 11.3 Å². The molecule has 9 heteroatoms. The molecule has 1 amide bonds. The van der Waals surface area contributed by atoms with Gasteiger partial charge in [-0.05, 0) is 42.8 Å². The Balaban J connectivity index is 1.50. The lowest BCUT2D eigenvalue weighted by molar-refractivity contribution is -0.113. The van der Waals surface area contributed by atoms with Crippen molar-refractivity contribution in [1.29, 1.82) is 0 Å². The number of benzene rings is 2. The van der Waals surface area contributed by atoms with Gasteiger partial charge < -0.3 is 14.8 Å². The van der Waals surface area contributed by atoms with Crippen molar-refractivity contribution in [3.05, 3.63) is 58.9 Å². The fraction of sp³-hybridized carbons (Fsp3) is 0.211. The van der Waals surface area contributed by atoms with Gasteiger partial charge in [0.2, 0.25) is 11.1 Å². The van der Waals surface area contributed by atoms with E-state index in [0.29, 0.717) is 27.4 Å². The van der Waals surface area contributed by atoms with Gasteiger partial charge in [-0.3, -0.25) is 9.89 Å². The lowest BCUT2D eigenvalue weighted by Crippen LogP contribution is -2.14. The summed E-state index contributed by atoms with van der Waals surface area (Å²) in [6, 6.07) is 12.8. The Morgan fingerprint density at radius 1 is 1.29 bits per heavy atom. The van der Waals surface area contributed by atoms with Crippen molar-refractivity contribution >= 4 is 35.0 Å². The molecular weight excluding hydrogens is 400 g/mol. The number of aromatic nitrogens is 3. The average molecular weight is 419 g/mol. The number of nitrogens with zero attached hydrogens (tertiary/aromatic N) is 2. The predicted molar refractivity (Wildman–Crippen MR) is 109 cm³/mol. The van der Waals surface area contributed by atoms with E-state index < -0.39 is 0 Å². The van der Waals surface area contributed by atoms with E-state index in [2.05, 4.69) is 20.5 Å². The van der Waals surface area contributed by atoms with Crippen LogP contribution in [0.25, 0.3) is 0 Å². The lowest BCUT2D eigenvalue weighted by Gasteiger charge is -2.09. The molecule has 0 radical (unpaired) electrons. The molecule has 0 aliphatic carbocycles. The number of halogens is 1. The molecule has 0 aliphatic rings. The summed E-state index contributed by atoms with van der Waals surface area (Å²) in [6.45, 7) is 2.27. The van der Waals surface area contributed by atoms with Crippen LogP contribution >= 0.6 is 23.4 Å². The normalized spacial score (nSPS) is 10.5. The second-order valence-electron chi connectivity index (χ2n) is 5.85. The summed E-state index contributed by atoms with van der Waals surface area (Å²) < 4.78 is 10.9. The highest BCUT2D eigenvalue weighted by atomic mass is 35.5. The third kappa shape index (κ3) is 5.64. The Morgan fingerprint density at radius 2 is 2.14 bits per heavy atom. The number of methoxy groups -OCH3 is 1. The molecule has 28 heavy (non-hydrogen) atoms. The first-order valence-electron chi connectivity index (χ1n) is 8.40. The molecule has 1 aromatic heterocycles. The summed E-state index contributed by atoms with van der Waals surface area (Å²) >= 11 is 7.18. The second kappa shape index (κ2) is 9.48. The Bertz CT molecular complexity index is 964. The number of aromatic amines is 1. The van der Waals surface area contributed by atoms with Gasteiger partial charge in [0.1, 0.15) is 18.1 Å². The van der Waals surface area contributed by atoms with Crippen molar-refractivity contribution in [2.45, 2.75) is 18.7 Å². The van der Waals surface area contributed by atoms with Gasteiger partial charge in [0, 0.05) is 5.02 Å². The van der Waals surface area contributed by atoms with Crippen molar-refractivity contribution in [2.75, 3.05) is 18.2 Å². The first-order valence-corrected chi connectivity index (χ1v) is 9.77. The molecule has 1 heterocycles. The molecule has 0 spiro atoms. The minimum absolute atomic E-state index is 0.145. The Kier molecular flexibility index (Phi) is 6.78. The summed E-state index contributed by atoms with van der Waals surface area (Å²) in [6.07, 6.45) is 0. The number of anilines is 1. The number of ether oxygens (including phenoxy) is 2. The van der Waals surface area contributed by atoms with Crippen LogP contribution in [0.5, 0.6) is 11.5 Å². The van der Waals surface area contributed by atoms with Crippen LogP contribution < -0.4 is 14.8 Å². The number of hydrogen-bond acceptors (Lipinski definition) is 6. The van der Waals surface area contributed by atoms with Gasteiger partial charge in [0.05, 0.1) is 18.6 Å². The summed E-state index contributed by atoms with van der Waals surface area (Å²) in [7, 11) is 1.53. The van der Waals surface area contributed by atoms with Crippen LogP contribution in [0.15, 0.2) is 47.6 Å². The molecule has 2 N–H and O–H groups in total. The van der Waals surface area contributed by atoms with Crippen molar-refractivity contribution < 1.29 is 14.3 Å². The number of nitrogens with one attached hydrogen (secondary N) is 2. The largest absolute Gasteiger partial charge is 0.495 e. The maximum absolute atomic E-state index is 12.2. The molecule has 0 atom stereocenters. The van der Waals surface area contributed by atoms with Crippen molar-refractivity contribution in [3.63, 3.8) is 0 Å². The van der Waals surface area contributed by atoms with Crippen LogP contribution in [-0.2, 0) is 11.4 Å². The van der Waals surface area contributed by atoms with Crippen LogP contribution in [0.4, 0.5) is 5.69 Å². The highest BCUT2D eigenvalue weighted by Crippen LogP contribution is 2.28. The van der Waals surface area contributed by atoms with E-state index in [-0.39, 0.29) is 18.3 Å². The van der Waals surface area contributed by atoms with E-state index >= 15 is 0 Å². The number of amides is 1. The van der Waals surface area contributed by atoms with Gasteiger partial charge >= 0.3 is 0 Å². The maximum Gasteiger partial charge on any atom is 0.234 e. The summed E-state index contributed by atoms with van der Waals surface area (Å²) in [5.41, 5.74) is 1.64. The minimum Gasteiger partial charge on any atom is -0.495 e. The molecule has 0 saturated carbocycles. The lowest BCUT2D eigenvalue weighted by atomic mass is 10.2. The summed E-state index contributed by atoms with van der Waals surface area (Å²) in [5.74, 6) is 1.82. The van der Waals surface area contributed by atoms with E-state index in [9.17, 15) is 4.79 Å². The van der Waals surface area contributed by atoms with Crippen molar-refractivity contribution in [2.24, 2.45) is 0 Å². The van der Waals surface area contributed by atoms with Crippen LogP contribution in [0.2, 0.25) is 5.02 Å². The van der Waals surface area contributed by atoms with Crippen LogP contribution in [0, 0.1) is 6.92 Å². The highest BCUT2D eigenvalue weighted by molar-refractivity contribution is 7.99. The first-order chi connectivity index (χ1) is 13.5. The molecule has 3 rings (SSSR count). The van der Waals surface area contributed by atoms with Gasteiger partial charge in [0.15, 0.2) is 5.82 Å². The molecule has 0 fully saturated rings. The average Bonchev–Trinajstić information content (AvgIpc) is 3.13. The standard InChI is InChI=1S/C19H19ClN4O3S/c1-12-4-3-5-14(8-12)27-10-17-22-19(24-23-17)28-11-18(25)21-15-9-13(20)6-7-16(15)26-2/h3-9H,10-11H2,1-2H3,(H,21,25)(H,22,23,24). The number of aryl methyl sites for hydroxylation is 1. The van der Waals surface area contributed by atoms with Crippen LogP contribution in [0.3, 0.4) is 0 Å². The third-order valence-electron chi connectivity index (χ3n) is 3.64. The monoisotopic (exact) mass is 418 g/mol. The molecule has 146 valence electrons. The topological polar surface area (TPSA) is 89.1 Å². The van der Waals surface area contributed by atoms with E-state index in [1.165, 1.54) is 18.9 Å². The first kappa shape index (κ1) is 20.0. The molecular formula is C19H19ClN4O3S. The number of rotatable bonds is 8. The SMILES string of the molecule is COc1ccc(Cl)cc1NC(=O)CSc1n[nH]c(COc2cccc(C)c2)n1. The number of carbonyl (C=O) groups is 1. The van der Waals surface area contributed by atoms with E-state index in [1.54, 1.807) is 18.2 Å². The third-order valence-corrected chi connectivity index (χ3v) is 4.73. The number of carbonyl (C=O) groups excluding carboxylic acids is 1. The molecule has 7 nitrogen and oxygen atoms in total. The molecule has 0 aliphatic heterocycles. The van der Waals surface area contributed by atoms with Gasteiger partial charge in [-0.25, -0.2) is 4.98 Å². The van der Waals surface area contributed by atoms with Crippen molar-refractivity contribution in [1.82, 2.24) is 15.2 Å². The van der Waals surface area contributed by atoms with E-state index in [4.69, 9.17) is 21.1 Å². The number of H-pyrrole nitrogens is 1. The molecule has 0 bridgehead atoms. The molecule has 0 saturated heterocycles. The summed E-state index contributed by atoms with van der Waals surface area (Å²) in [4.78, 5) is 16.5. The Morgan fingerprint density at radius 3 is 2.93 bits per heavy atom. The molecule has 2 aromatic carbocycles. The zero-order valence-corrected chi connectivity index (χ0v) is 16.9. The van der Waals surface area contributed by atoms with Crippen LogP contribution in [0.1, 0.15) is 11.4 Å². The summed E-state index contributed by atoms with van der Waals surface area (Å²) in [5, 5.41) is 10.7. The quantitative estimate of drug-likeness (QED) is 0.536. The zero-order chi connectivity index (χ0) is 19.9. The smallest absolute Gasteiger partial charge is 0.234 e. The number of hydrogen-bond donors (Lipinski definition) is 2. The maximum atomic E-state index is 12.2. The van der Waals surface area contributed by atoms with Crippen molar-refractivity contribution in [3.8, 4) is 11.5 Å². The zero-order valence-electron chi connectivity index (χ0n) is 15.4. The van der Waals surface area contributed by atoms with Gasteiger partial charge in [0.25, 0.3) is 0 Å².